The molecule has 0 bridgehead atoms. The van der Waals surface area contributed by atoms with Crippen LogP contribution in [0.2, 0.25) is 0 Å². The summed E-state index contributed by atoms with van der Waals surface area (Å²) < 4.78 is 0. The molecule has 18 heavy (non-hydrogen) atoms. The SMILES string of the molecule is Cc1cc(NC(C)CC(C)N)c2ccccc2n1. The van der Waals surface area contributed by atoms with Crippen LogP contribution in [0.5, 0.6) is 0 Å². The number of para-hydroxylation sites is 1. The van der Waals surface area contributed by atoms with Crippen molar-refractivity contribution in [3.05, 3.63) is 36.0 Å². The average Bonchev–Trinajstić information content (AvgIpc) is 2.27. The second kappa shape index (κ2) is 5.36. The molecular weight excluding hydrogens is 222 g/mol. The maximum absolute atomic E-state index is 5.84. The molecule has 0 radical (unpaired) electrons. The number of hydrogen-bond donors (Lipinski definition) is 2. The van der Waals surface area contributed by atoms with Crippen LogP contribution < -0.4 is 11.1 Å². The third kappa shape index (κ3) is 2.99. The molecule has 2 atom stereocenters. The lowest BCUT2D eigenvalue weighted by molar-refractivity contribution is 0.605. The van der Waals surface area contributed by atoms with Crippen molar-refractivity contribution >= 4 is 16.6 Å². The molecular formula is C15H21N3. The minimum Gasteiger partial charge on any atom is -0.382 e. The molecule has 3 heteroatoms. The van der Waals surface area contributed by atoms with Gasteiger partial charge in [0.05, 0.1) is 5.52 Å². The molecule has 0 aliphatic heterocycles. The van der Waals surface area contributed by atoms with E-state index >= 15 is 0 Å². The zero-order chi connectivity index (χ0) is 13.1. The van der Waals surface area contributed by atoms with Gasteiger partial charge in [-0.3, -0.25) is 4.98 Å². The summed E-state index contributed by atoms with van der Waals surface area (Å²) in [5.41, 5.74) is 9.05. The Labute approximate surface area is 108 Å². The lowest BCUT2D eigenvalue weighted by Crippen LogP contribution is -2.26. The van der Waals surface area contributed by atoms with Crippen molar-refractivity contribution < 1.29 is 0 Å². The summed E-state index contributed by atoms with van der Waals surface area (Å²) in [7, 11) is 0. The Hall–Kier alpha value is -1.61. The molecule has 3 nitrogen and oxygen atoms in total. The van der Waals surface area contributed by atoms with Crippen LogP contribution in [-0.2, 0) is 0 Å². The highest BCUT2D eigenvalue weighted by Crippen LogP contribution is 2.23. The molecule has 1 aromatic carbocycles. The predicted octanol–water partition coefficient (Wildman–Crippen LogP) is 3.08. The van der Waals surface area contributed by atoms with Crippen molar-refractivity contribution in [2.45, 2.75) is 39.3 Å². The fourth-order valence-corrected chi connectivity index (χ4v) is 2.31. The Balaban J connectivity index is 2.32. The van der Waals surface area contributed by atoms with Gasteiger partial charge in [0.1, 0.15) is 0 Å². The molecule has 0 saturated heterocycles. The fraction of sp³-hybridized carbons (Fsp3) is 0.400. The highest BCUT2D eigenvalue weighted by Gasteiger charge is 2.08. The zero-order valence-corrected chi connectivity index (χ0v) is 11.3. The number of aryl methyl sites for hydroxylation is 1. The van der Waals surface area contributed by atoms with E-state index in [1.165, 1.54) is 5.39 Å². The number of anilines is 1. The van der Waals surface area contributed by atoms with E-state index in [2.05, 4.69) is 29.4 Å². The first kappa shape index (κ1) is 12.8. The summed E-state index contributed by atoms with van der Waals surface area (Å²) in [6.07, 6.45) is 0.954. The monoisotopic (exact) mass is 243 g/mol. The van der Waals surface area contributed by atoms with Crippen molar-refractivity contribution in [3.63, 3.8) is 0 Å². The van der Waals surface area contributed by atoms with Gasteiger partial charge in [-0.05, 0) is 39.3 Å². The number of benzene rings is 1. The summed E-state index contributed by atoms with van der Waals surface area (Å²) in [5.74, 6) is 0. The molecule has 1 heterocycles. The van der Waals surface area contributed by atoms with Gasteiger partial charge in [-0.25, -0.2) is 0 Å². The molecule has 2 unspecified atom stereocenters. The van der Waals surface area contributed by atoms with Crippen LogP contribution in [0, 0.1) is 6.92 Å². The molecule has 0 fully saturated rings. The lowest BCUT2D eigenvalue weighted by Gasteiger charge is -2.19. The maximum atomic E-state index is 5.84. The Morgan fingerprint density at radius 2 is 2.00 bits per heavy atom. The van der Waals surface area contributed by atoms with Crippen molar-refractivity contribution in [2.24, 2.45) is 5.73 Å². The summed E-state index contributed by atoms with van der Waals surface area (Å²) in [6.45, 7) is 6.22. The van der Waals surface area contributed by atoms with Gasteiger partial charge >= 0.3 is 0 Å². The summed E-state index contributed by atoms with van der Waals surface area (Å²) in [5, 5.41) is 4.70. The first-order chi connectivity index (χ1) is 8.56. The second-order valence-electron chi connectivity index (χ2n) is 5.09. The topological polar surface area (TPSA) is 50.9 Å². The van der Waals surface area contributed by atoms with Crippen LogP contribution in [-0.4, -0.2) is 17.1 Å². The van der Waals surface area contributed by atoms with Crippen LogP contribution in [0.4, 0.5) is 5.69 Å². The lowest BCUT2D eigenvalue weighted by atomic mass is 10.1. The Morgan fingerprint density at radius 3 is 2.72 bits per heavy atom. The van der Waals surface area contributed by atoms with Crippen molar-refractivity contribution in [3.8, 4) is 0 Å². The third-order valence-corrected chi connectivity index (χ3v) is 2.97. The molecule has 2 aromatic rings. The van der Waals surface area contributed by atoms with E-state index in [1.54, 1.807) is 0 Å². The normalized spacial score (nSPS) is 14.4. The van der Waals surface area contributed by atoms with Crippen LogP contribution in [0.15, 0.2) is 30.3 Å². The molecule has 0 aliphatic carbocycles. The van der Waals surface area contributed by atoms with Crippen LogP contribution in [0.1, 0.15) is 26.0 Å². The van der Waals surface area contributed by atoms with E-state index < -0.39 is 0 Å². The van der Waals surface area contributed by atoms with Gasteiger partial charge in [0.15, 0.2) is 0 Å². The fourth-order valence-electron chi connectivity index (χ4n) is 2.31. The van der Waals surface area contributed by atoms with Crippen LogP contribution >= 0.6 is 0 Å². The molecule has 0 spiro atoms. The van der Waals surface area contributed by atoms with Crippen molar-refractivity contribution in [1.29, 1.82) is 0 Å². The highest BCUT2D eigenvalue weighted by atomic mass is 14.9. The summed E-state index contributed by atoms with van der Waals surface area (Å²) >= 11 is 0. The Bertz CT molecular complexity index is 534. The molecule has 96 valence electrons. The zero-order valence-electron chi connectivity index (χ0n) is 11.3. The van der Waals surface area contributed by atoms with Gasteiger partial charge in [-0.15, -0.1) is 0 Å². The van der Waals surface area contributed by atoms with Gasteiger partial charge < -0.3 is 11.1 Å². The Kier molecular flexibility index (Phi) is 3.82. The van der Waals surface area contributed by atoms with Crippen LogP contribution in [0.25, 0.3) is 10.9 Å². The smallest absolute Gasteiger partial charge is 0.0725 e. The Morgan fingerprint density at radius 1 is 1.28 bits per heavy atom. The highest BCUT2D eigenvalue weighted by molar-refractivity contribution is 5.91. The van der Waals surface area contributed by atoms with Gasteiger partial charge in [-0.1, -0.05) is 18.2 Å². The van der Waals surface area contributed by atoms with E-state index in [-0.39, 0.29) is 6.04 Å². The number of fused-ring (bicyclic) bond motifs is 1. The summed E-state index contributed by atoms with van der Waals surface area (Å²) in [4.78, 5) is 4.54. The average molecular weight is 243 g/mol. The van der Waals surface area contributed by atoms with Gasteiger partial charge in [-0.2, -0.15) is 0 Å². The first-order valence-corrected chi connectivity index (χ1v) is 6.45. The van der Waals surface area contributed by atoms with Gasteiger partial charge in [0.2, 0.25) is 0 Å². The van der Waals surface area contributed by atoms with Gasteiger partial charge in [0.25, 0.3) is 0 Å². The number of nitrogens with two attached hydrogens (primary N) is 1. The maximum Gasteiger partial charge on any atom is 0.0725 e. The molecule has 0 aliphatic rings. The third-order valence-electron chi connectivity index (χ3n) is 2.97. The molecule has 2 rings (SSSR count). The number of rotatable bonds is 4. The molecule has 3 N–H and O–H groups in total. The number of nitrogens with one attached hydrogen (secondary N) is 1. The summed E-state index contributed by atoms with van der Waals surface area (Å²) in [6, 6.07) is 10.9. The predicted molar refractivity (Wildman–Crippen MR) is 77.8 cm³/mol. The largest absolute Gasteiger partial charge is 0.382 e. The molecule has 0 saturated carbocycles. The standard InChI is InChI=1S/C15H21N3/c1-10(16)8-11(2)18-15-9-12(3)17-14-7-5-4-6-13(14)15/h4-7,9-11H,8,16H2,1-3H3,(H,17,18). The van der Waals surface area contributed by atoms with Gasteiger partial charge in [0, 0.05) is 28.9 Å². The minimum atomic E-state index is 0.210. The second-order valence-corrected chi connectivity index (χ2v) is 5.09. The molecule has 0 amide bonds. The van der Waals surface area contributed by atoms with E-state index in [9.17, 15) is 0 Å². The molecule has 1 aromatic heterocycles. The van der Waals surface area contributed by atoms with E-state index in [4.69, 9.17) is 5.73 Å². The number of hydrogen-bond acceptors (Lipinski definition) is 3. The number of pyridine rings is 1. The van der Waals surface area contributed by atoms with E-state index in [0.717, 1.165) is 23.3 Å². The van der Waals surface area contributed by atoms with Crippen LogP contribution in [0.3, 0.4) is 0 Å². The van der Waals surface area contributed by atoms with Crippen molar-refractivity contribution in [2.75, 3.05) is 5.32 Å². The minimum absolute atomic E-state index is 0.210. The number of nitrogens with zero attached hydrogens (tertiary/aromatic N) is 1. The first-order valence-electron chi connectivity index (χ1n) is 6.45. The van der Waals surface area contributed by atoms with E-state index in [0.29, 0.717) is 6.04 Å². The van der Waals surface area contributed by atoms with E-state index in [1.807, 2.05) is 32.0 Å². The quantitative estimate of drug-likeness (QED) is 0.867. The van der Waals surface area contributed by atoms with Crippen molar-refractivity contribution in [1.82, 2.24) is 4.98 Å². The number of aromatic nitrogens is 1.